The maximum Gasteiger partial charge on any atom is 0.340 e. The van der Waals surface area contributed by atoms with Crippen LogP contribution < -0.4 is 0 Å². The van der Waals surface area contributed by atoms with E-state index in [1.165, 1.54) is 51.4 Å². The summed E-state index contributed by atoms with van der Waals surface area (Å²) in [5.41, 5.74) is 0. The highest BCUT2D eigenvalue weighted by Crippen LogP contribution is 2.42. The smallest absolute Gasteiger partial charge is 0.340 e. The summed E-state index contributed by atoms with van der Waals surface area (Å²) < 4.78 is 54.5. The van der Waals surface area contributed by atoms with Crippen molar-refractivity contribution in [1.82, 2.24) is 0 Å². The van der Waals surface area contributed by atoms with Gasteiger partial charge in [-0.1, -0.05) is 45.4 Å². The lowest BCUT2D eigenvalue weighted by molar-refractivity contribution is -0.183. The van der Waals surface area contributed by atoms with Crippen molar-refractivity contribution in [2.45, 2.75) is 96.3 Å². The number of rotatable bonds is 9. The Balaban J connectivity index is 1.66. The number of halogens is 4. The Bertz CT molecular complexity index is 439. The van der Waals surface area contributed by atoms with Crippen molar-refractivity contribution in [1.29, 1.82) is 0 Å². The SMILES string of the molecule is CCCCCC1CCC(C2CCC(C(=O)OCC(F)(F)C(F)F)CC2)CC1. The van der Waals surface area contributed by atoms with E-state index in [1.54, 1.807) is 0 Å². The molecule has 2 aliphatic rings. The van der Waals surface area contributed by atoms with E-state index >= 15 is 0 Å². The highest BCUT2D eigenvalue weighted by atomic mass is 19.3. The van der Waals surface area contributed by atoms with Gasteiger partial charge in [-0.15, -0.1) is 0 Å². The summed E-state index contributed by atoms with van der Waals surface area (Å²) in [4.78, 5) is 11.9. The highest BCUT2D eigenvalue weighted by molar-refractivity contribution is 5.72. The van der Waals surface area contributed by atoms with E-state index < -0.39 is 30.8 Å². The largest absolute Gasteiger partial charge is 0.459 e. The number of esters is 1. The monoisotopic (exact) mass is 394 g/mol. The molecule has 2 nitrogen and oxygen atoms in total. The number of hydrogen-bond acceptors (Lipinski definition) is 2. The molecule has 0 heterocycles. The second-order valence-corrected chi connectivity index (χ2v) is 8.56. The average molecular weight is 394 g/mol. The van der Waals surface area contributed by atoms with E-state index in [2.05, 4.69) is 11.7 Å². The second-order valence-electron chi connectivity index (χ2n) is 8.56. The Labute approximate surface area is 160 Å². The normalized spacial score (nSPS) is 29.7. The molecular weight excluding hydrogens is 360 g/mol. The minimum atomic E-state index is -4.26. The third-order valence-corrected chi connectivity index (χ3v) is 6.61. The standard InChI is InChI=1S/C21H34F4O2/c1-2-3-4-5-15-6-8-16(9-7-15)17-10-12-18(13-11-17)19(26)27-14-21(24,25)20(22)23/h15-18,20H,2-14H2,1H3. The molecule has 27 heavy (non-hydrogen) atoms. The topological polar surface area (TPSA) is 26.3 Å². The molecule has 0 radical (unpaired) electrons. The number of alkyl halides is 4. The van der Waals surface area contributed by atoms with Gasteiger partial charge in [0.2, 0.25) is 0 Å². The molecular formula is C21H34F4O2. The Morgan fingerprint density at radius 1 is 0.963 bits per heavy atom. The fraction of sp³-hybridized carbons (Fsp3) is 0.952. The summed E-state index contributed by atoms with van der Waals surface area (Å²) in [6.07, 6.45) is 9.67. The van der Waals surface area contributed by atoms with Crippen LogP contribution in [-0.4, -0.2) is 24.9 Å². The van der Waals surface area contributed by atoms with Crippen LogP contribution in [0.4, 0.5) is 17.6 Å². The summed E-state index contributed by atoms with van der Waals surface area (Å²) in [6, 6.07) is 0. The molecule has 0 saturated heterocycles. The molecule has 2 saturated carbocycles. The number of unbranched alkanes of at least 4 members (excludes halogenated alkanes) is 2. The zero-order valence-corrected chi connectivity index (χ0v) is 16.4. The van der Waals surface area contributed by atoms with Crippen LogP contribution >= 0.6 is 0 Å². The summed E-state index contributed by atoms with van der Waals surface area (Å²) in [6.45, 7) is 0.707. The molecule has 0 aromatic rings. The summed E-state index contributed by atoms with van der Waals surface area (Å²) in [5, 5.41) is 0. The van der Waals surface area contributed by atoms with Crippen molar-refractivity contribution >= 4 is 5.97 Å². The molecule has 2 fully saturated rings. The average Bonchev–Trinajstić information content (AvgIpc) is 2.67. The first-order chi connectivity index (χ1) is 12.8. The molecule has 2 rings (SSSR count). The molecule has 158 valence electrons. The molecule has 0 bridgehead atoms. The minimum Gasteiger partial charge on any atom is -0.459 e. The summed E-state index contributed by atoms with van der Waals surface area (Å²) in [7, 11) is 0. The van der Waals surface area contributed by atoms with Crippen molar-refractivity contribution in [2.75, 3.05) is 6.61 Å². The third kappa shape index (κ3) is 6.94. The maximum absolute atomic E-state index is 12.9. The lowest BCUT2D eigenvalue weighted by atomic mass is 9.68. The van der Waals surface area contributed by atoms with E-state index in [0.717, 1.165) is 18.8 Å². The van der Waals surface area contributed by atoms with Crippen molar-refractivity contribution in [2.24, 2.45) is 23.7 Å². The minimum absolute atomic E-state index is 0.417. The van der Waals surface area contributed by atoms with Gasteiger partial charge in [-0.25, -0.2) is 8.78 Å². The predicted octanol–water partition coefficient (Wildman–Crippen LogP) is 6.62. The molecule has 0 unspecified atom stereocenters. The van der Waals surface area contributed by atoms with Gasteiger partial charge in [-0.05, 0) is 56.3 Å². The van der Waals surface area contributed by atoms with Gasteiger partial charge in [0.15, 0.2) is 6.61 Å². The van der Waals surface area contributed by atoms with Gasteiger partial charge in [0.25, 0.3) is 0 Å². The van der Waals surface area contributed by atoms with Gasteiger partial charge in [-0.2, -0.15) is 8.78 Å². The van der Waals surface area contributed by atoms with Crippen LogP contribution in [0.3, 0.4) is 0 Å². The molecule has 0 atom stereocenters. The summed E-state index contributed by atoms with van der Waals surface area (Å²) in [5.74, 6) is -3.23. The first kappa shape index (κ1) is 22.5. The van der Waals surface area contributed by atoms with Crippen molar-refractivity contribution in [3.8, 4) is 0 Å². The van der Waals surface area contributed by atoms with Crippen molar-refractivity contribution in [3.63, 3.8) is 0 Å². The van der Waals surface area contributed by atoms with Gasteiger partial charge < -0.3 is 4.74 Å². The maximum atomic E-state index is 12.9. The van der Waals surface area contributed by atoms with Crippen LogP contribution in [0.15, 0.2) is 0 Å². The molecule has 0 aromatic heterocycles. The van der Waals surface area contributed by atoms with Crippen LogP contribution in [0.1, 0.15) is 84.0 Å². The molecule has 0 aliphatic heterocycles. The second kappa shape index (κ2) is 10.7. The van der Waals surface area contributed by atoms with E-state index in [-0.39, 0.29) is 0 Å². The van der Waals surface area contributed by atoms with E-state index in [4.69, 9.17) is 0 Å². The molecule has 0 N–H and O–H groups in total. The molecule has 0 amide bonds. The van der Waals surface area contributed by atoms with E-state index in [9.17, 15) is 22.4 Å². The van der Waals surface area contributed by atoms with Crippen molar-refractivity contribution < 1.29 is 27.1 Å². The quantitative estimate of drug-likeness (QED) is 0.249. The van der Waals surface area contributed by atoms with Gasteiger partial charge >= 0.3 is 18.3 Å². The fourth-order valence-corrected chi connectivity index (χ4v) is 4.81. The Hall–Kier alpha value is -0.810. The van der Waals surface area contributed by atoms with E-state index in [0.29, 0.717) is 24.7 Å². The van der Waals surface area contributed by atoms with Gasteiger partial charge in [-0.3, -0.25) is 4.79 Å². The van der Waals surface area contributed by atoms with Crippen LogP contribution in [0.5, 0.6) is 0 Å². The number of ether oxygens (including phenoxy) is 1. The zero-order valence-electron chi connectivity index (χ0n) is 16.4. The zero-order chi connectivity index (χ0) is 19.9. The first-order valence-corrected chi connectivity index (χ1v) is 10.7. The number of carbonyl (C=O) groups is 1. The van der Waals surface area contributed by atoms with Crippen LogP contribution in [-0.2, 0) is 9.53 Å². The Morgan fingerprint density at radius 3 is 2.04 bits per heavy atom. The Kier molecular flexibility index (Phi) is 8.87. The fourth-order valence-electron chi connectivity index (χ4n) is 4.81. The molecule has 2 aliphatic carbocycles. The highest BCUT2D eigenvalue weighted by Gasteiger charge is 2.43. The predicted molar refractivity (Wildman–Crippen MR) is 96.9 cm³/mol. The van der Waals surface area contributed by atoms with Gasteiger partial charge in [0.05, 0.1) is 5.92 Å². The lowest BCUT2D eigenvalue weighted by Gasteiger charge is -2.37. The number of hydrogen-bond donors (Lipinski definition) is 0. The van der Waals surface area contributed by atoms with Gasteiger partial charge in [0.1, 0.15) is 0 Å². The van der Waals surface area contributed by atoms with E-state index in [1.807, 2.05) is 0 Å². The lowest BCUT2D eigenvalue weighted by Crippen LogP contribution is -2.35. The van der Waals surface area contributed by atoms with Crippen LogP contribution in [0, 0.1) is 23.7 Å². The Morgan fingerprint density at radius 2 is 1.52 bits per heavy atom. The van der Waals surface area contributed by atoms with Crippen LogP contribution in [0.2, 0.25) is 0 Å². The third-order valence-electron chi connectivity index (χ3n) is 6.61. The molecule has 0 aromatic carbocycles. The molecule has 6 heteroatoms. The van der Waals surface area contributed by atoms with Crippen molar-refractivity contribution in [3.05, 3.63) is 0 Å². The summed E-state index contributed by atoms with van der Waals surface area (Å²) >= 11 is 0. The van der Waals surface area contributed by atoms with Crippen LogP contribution in [0.25, 0.3) is 0 Å². The molecule has 0 spiro atoms. The number of carbonyl (C=O) groups excluding carboxylic acids is 1. The van der Waals surface area contributed by atoms with Gasteiger partial charge in [0, 0.05) is 0 Å². The first-order valence-electron chi connectivity index (χ1n) is 10.7.